The molecule has 1 aromatic carbocycles. The number of piperidine rings is 1. The Morgan fingerprint density at radius 2 is 2.00 bits per heavy atom. The summed E-state index contributed by atoms with van der Waals surface area (Å²) in [4.78, 5) is 32.0. The van der Waals surface area contributed by atoms with Crippen LogP contribution >= 0.6 is 0 Å². The molecule has 2 amide bonds. The smallest absolute Gasteiger partial charge is 0.313 e. The monoisotopic (exact) mass is 418 g/mol. The Bertz CT molecular complexity index is 1150. The average molecular weight is 419 g/mol. The first-order valence-corrected chi connectivity index (χ1v) is 10.8. The number of nitrogens with one attached hydrogen (secondary N) is 2. The minimum Gasteiger partial charge on any atom is -0.383 e. The zero-order valence-electron chi connectivity index (χ0n) is 17.5. The number of carbonyl (C=O) groups is 2. The first kappa shape index (κ1) is 19.5. The fraction of sp³-hybridized carbons (Fsp3) is 0.391. The van der Waals surface area contributed by atoms with Crippen LogP contribution in [-0.4, -0.2) is 38.4 Å². The van der Waals surface area contributed by atoms with Gasteiger partial charge < -0.3 is 16.0 Å². The molecule has 1 aliphatic carbocycles. The van der Waals surface area contributed by atoms with Gasteiger partial charge in [0, 0.05) is 11.9 Å². The van der Waals surface area contributed by atoms with Gasteiger partial charge in [0.1, 0.15) is 5.82 Å². The molecular weight excluding hydrogens is 392 g/mol. The van der Waals surface area contributed by atoms with E-state index in [2.05, 4.69) is 27.4 Å². The van der Waals surface area contributed by atoms with Gasteiger partial charge >= 0.3 is 11.8 Å². The van der Waals surface area contributed by atoms with E-state index in [0.717, 1.165) is 47.7 Å². The van der Waals surface area contributed by atoms with Gasteiger partial charge in [0.2, 0.25) is 0 Å². The lowest BCUT2D eigenvalue weighted by atomic mass is 9.89. The molecule has 0 unspecified atom stereocenters. The molecule has 3 aromatic rings. The van der Waals surface area contributed by atoms with Crippen molar-refractivity contribution in [1.29, 1.82) is 0 Å². The number of rotatable bonds is 3. The highest BCUT2D eigenvalue weighted by Gasteiger charge is 2.34. The quantitative estimate of drug-likeness (QED) is 0.564. The summed E-state index contributed by atoms with van der Waals surface area (Å²) < 4.78 is 0. The third-order valence-corrected chi connectivity index (χ3v) is 6.35. The minimum absolute atomic E-state index is 0.139. The van der Waals surface area contributed by atoms with Crippen LogP contribution in [0, 0.1) is 5.92 Å². The van der Waals surface area contributed by atoms with Crippen molar-refractivity contribution in [2.45, 2.75) is 44.6 Å². The Hall–Kier alpha value is -3.42. The molecule has 2 aromatic heterocycles. The molecule has 2 fully saturated rings. The van der Waals surface area contributed by atoms with Crippen molar-refractivity contribution in [2.75, 3.05) is 17.6 Å². The molecule has 2 aliphatic rings. The Morgan fingerprint density at radius 1 is 1.16 bits per heavy atom. The molecule has 0 spiro atoms. The van der Waals surface area contributed by atoms with Gasteiger partial charge in [0.15, 0.2) is 0 Å². The van der Waals surface area contributed by atoms with Crippen LogP contribution in [0.1, 0.15) is 55.7 Å². The van der Waals surface area contributed by atoms with Crippen molar-refractivity contribution in [1.82, 2.24) is 20.1 Å². The minimum atomic E-state index is -0.642. The highest BCUT2D eigenvalue weighted by atomic mass is 16.2. The van der Waals surface area contributed by atoms with Crippen LogP contribution in [0.15, 0.2) is 36.7 Å². The van der Waals surface area contributed by atoms with Crippen LogP contribution in [0.3, 0.4) is 0 Å². The normalized spacial score (nSPS) is 21.3. The Morgan fingerprint density at radius 3 is 2.81 bits per heavy atom. The molecule has 3 heterocycles. The van der Waals surface area contributed by atoms with Crippen molar-refractivity contribution in [2.24, 2.45) is 5.92 Å². The van der Waals surface area contributed by atoms with E-state index in [0.29, 0.717) is 29.9 Å². The lowest BCUT2D eigenvalue weighted by molar-refractivity contribution is -0.146. The number of pyridine rings is 1. The molecular formula is C23H26N6O2. The number of amides is 2. The van der Waals surface area contributed by atoms with E-state index in [1.807, 2.05) is 24.3 Å². The van der Waals surface area contributed by atoms with Crippen molar-refractivity contribution >= 4 is 34.2 Å². The average Bonchev–Trinajstić information content (AvgIpc) is 3.50. The van der Waals surface area contributed by atoms with Crippen molar-refractivity contribution in [3.8, 4) is 0 Å². The SMILES string of the molecule is C[C@@H]1CC[C@@H](c2ccc3[nH]ncc3c2)N(C(=O)C(=O)Nc2cnc(N)c(C3CC3)c2)C1. The van der Waals surface area contributed by atoms with Crippen LogP contribution < -0.4 is 11.1 Å². The second kappa shape index (κ2) is 7.68. The number of nitrogens with zero attached hydrogens (tertiary/aromatic N) is 3. The Labute approximate surface area is 180 Å². The summed E-state index contributed by atoms with van der Waals surface area (Å²) in [5.41, 5.74) is 9.39. The first-order valence-electron chi connectivity index (χ1n) is 10.8. The summed E-state index contributed by atoms with van der Waals surface area (Å²) in [6.45, 7) is 2.66. The van der Waals surface area contributed by atoms with Crippen LogP contribution in [0.2, 0.25) is 0 Å². The maximum Gasteiger partial charge on any atom is 0.313 e. The second-order valence-corrected chi connectivity index (χ2v) is 8.80. The van der Waals surface area contributed by atoms with Gasteiger partial charge in [0.05, 0.1) is 29.6 Å². The van der Waals surface area contributed by atoms with Gasteiger partial charge in [-0.05, 0) is 66.8 Å². The summed E-state index contributed by atoms with van der Waals surface area (Å²) in [6, 6.07) is 7.72. The zero-order valence-corrected chi connectivity index (χ0v) is 17.5. The number of hydrogen-bond donors (Lipinski definition) is 3. The first-order chi connectivity index (χ1) is 15.0. The number of benzene rings is 1. The summed E-state index contributed by atoms with van der Waals surface area (Å²) in [5.74, 6) is 0.0763. The van der Waals surface area contributed by atoms with E-state index in [-0.39, 0.29) is 6.04 Å². The van der Waals surface area contributed by atoms with E-state index >= 15 is 0 Å². The lowest BCUT2D eigenvalue weighted by Crippen LogP contribution is -2.46. The number of nitrogens with two attached hydrogens (primary N) is 1. The van der Waals surface area contributed by atoms with E-state index in [1.54, 1.807) is 11.1 Å². The molecule has 8 heteroatoms. The van der Waals surface area contributed by atoms with Crippen LogP contribution in [-0.2, 0) is 9.59 Å². The fourth-order valence-corrected chi connectivity index (χ4v) is 4.49. The third-order valence-electron chi connectivity index (χ3n) is 6.35. The van der Waals surface area contributed by atoms with Gasteiger partial charge in [-0.1, -0.05) is 13.0 Å². The molecule has 31 heavy (non-hydrogen) atoms. The number of aromatic nitrogens is 3. The molecule has 1 saturated carbocycles. The van der Waals surface area contributed by atoms with Crippen molar-refractivity contribution in [3.05, 3.63) is 47.8 Å². The highest BCUT2D eigenvalue weighted by Crippen LogP contribution is 2.43. The number of anilines is 2. The largest absolute Gasteiger partial charge is 0.383 e. The number of fused-ring (bicyclic) bond motifs is 1. The Kier molecular flexibility index (Phi) is 4.84. The highest BCUT2D eigenvalue weighted by molar-refractivity contribution is 6.39. The van der Waals surface area contributed by atoms with Crippen LogP contribution in [0.25, 0.3) is 10.9 Å². The number of nitrogen functional groups attached to an aromatic ring is 1. The third kappa shape index (κ3) is 3.85. The van der Waals surface area contributed by atoms with Gasteiger partial charge in [-0.15, -0.1) is 0 Å². The van der Waals surface area contributed by atoms with E-state index in [4.69, 9.17) is 5.73 Å². The zero-order chi connectivity index (χ0) is 21.5. The standard InChI is InChI=1S/C23H26N6O2/c1-13-2-7-20(15-5-6-19-16(8-15)10-26-28-19)29(12-13)23(31)22(30)27-17-9-18(14-3-4-14)21(24)25-11-17/h5-6,8-11,13-14,20H,2-4,7,12H2,1H3,(H2,24,25)(H,26,28)(H,27,30)/t13-,20+/m1/s1. The molecule has 1 aliphatic heterocycles. The van der Waals surface area contributed by atoms with Gasteiger partial charge in [-0.2, -0.15) is 5.10 Å². The van der Waals surface area contributed by atoms with Crippen LogP contribution in [0.4, 0.5) is 11.5 Å². The van der Waals surface area contributed by atoms with Crippen molar-refractivity contribution in [3.63, 3.8) is 0 Å². The van der Waals surface area contributed by atoms with Gasteiger partial charge in [0.25, 0.3) is 0 Å². The maximum atomic E-state index is 13.2. The number of H-pyrrole nitrogens is 1. The molecule has 1 saturated heterocycles. The maximum absolute atomic E-state index is 13.2. The summed E-state index contributed by atoms with van der Waals surface area (Å²) in [5, 5.41) is 10.8. The number of likely N-dealkylation sites (tertiary alicyclic amines) is 1. The number of aromatic amines is 1. The van der Waals surface area contributed by atoms with Crippen molar-refractivity contribution < 1.29 is 9.59 Å². The van der Waals surface area contributed by atoms with Crippen LogP contribution in [0.5, 0.6) is 0 Å². The summed E-state index contributed by atoms with van der Waals surface area (Å²) in [7, 11) is 0. The Balaban J connectivity index is 1.37. The number of hydrogen-bond acceptors (Lipinski definition) is 5. The number of carbonyl (C=O) groups excluding carboxylic acids is 2. The predicted molar refractivity (Wildman–Crippen MR) is 118 cm³/mol. The topological polar surface area (TPSA) is 117 Å². The molecule has 5 rings (SSSR count). The second-order valence-electron chi connectivity index (χ2n) is 8.80. The summed E-state index contributed by atoms with van der Waals surface area (Å²) in [6.07, 6.45) is 7.27. The lowest BCUT2D eigenvalue weighted by Gasteiger charge is -2.38. The predicted octanol–water partition coefficient (Wildman–Crippen LogP) is 3.36. The molecule has 0 radical (unpaired) electrons. The van der Waals surface area contributed by atoms with E-state index in [9.17, 15) is 9.59 Å². The molecule has 2 atom stereocenters. The fourth-order valence-electron chi connectivity index (χ4n) is 4.49. The summed E-state index contributed by atoms with van der Waals surface area (Å²) >= 11 is 0. The van der Waals surface area contributed by atoms with Gasteiger partial charge in [-0.3, -0.25) is 14.7 Å². The molecule has 160 valence electrons. The van der Waals surface area contributed by atoms with Gasteiger partial charge in [-0.25, -0.2) is 4.98 Å². The van der Waals surface area contributed by atoms with E-state index < -0.39 is 11.8 Å². The molecule has 0 bridgehead atoms. The molecule has 4 N–H and O–H groups in total. The van der Waals surface area contributed by atoms with E-state index in [1.165, 1.54) is 6.20 Å². The molecule has 8 nitrogen and oxygen atoms in total.